The molecule has 0 unspecified atom stereocenters. The summed E-state index contributed by atoms with van der Waals surface area (Å²) < 4.78 is 5.85. The summed E-state index contributed by atoms with van der Waals surface area (Å²) in [7, 11) is 0. The van der Waals surface area contributed by atoms with E-state index in [1.165, 1.54) is 12.1 Å². The van der Waals surface area contributed by atoms with Crippen LogP contribution in [0.2, 0.25) is 10.0 Å². The van der Waals surface area contributed by atoms with Gasteiger partial charge in [-0.2, -0.15) is 0 Å². The van der Waals surface area contributed by atoms with Gasteiger partial charge in [-0.25, -0.2) is 4.79 Å². The Hall–Kier alpha value is -1.99. The minimum absolute atomic E-state index is 0. The third-order valence-corrected chi connectivity index (χ3v) is 5.10. The number of amides is 1. The number of carboxylic acids is 1. The zero-order valence-electron chi connectivity index (χ0n) is 15.4. The summed E-state index contributed by atoms with van der Waals surface area (Å²) in [5.74, 6) is -1.04. The summed E-state index contributed by atoms with van der Waals surface area (Å²) >= 11 is 12.0. The molecule has 1 amide bonds. The van der Waals surface area contributed by atoms with Crippen molar-refractivity contribution in [3.8, 4) is 5.75 Å². The number of ether oxygens (including phenoxy) is 1. The molecule has 2 aromatic carbocycles. The summed E-state index contributed by atoms with van der Waals surface area (Å²) in [5, 5.41) is 15.6. The Morgan fingerprint density at radius 2 is 1.83 bits per heavy atom. The zero-order valence-corrected chi connectivity index (χ0v) is 17.7. The molecule has 0 aromatic heterocycles. The number of aliphatic carboxylic acids is 1. The maximum atomic E-state index is 12.5. The third kappa shape index (κ3) is 6.24. The number of carbonyl (C=O) groups is 2. The van der Waals surface area contributed by atoms with E-state index < -0.39 is 17.9 Å². The van der Waals surface area contributed by atoms with Crippen LogP contribution in [0.5, 0.6) is 5.75 Å². The Morgan fingerprint density at radius 3 is 2.38 bits per heavy atom. The van der Waals surface area contributed by atoms with Gasteiger partial charge in [-0.05, 0) is 42.8 Å². The second-order valence-corrected chi connectivity index (χ2v) is 7.36. The first-order valence-corrected chi connectivity index (χ1v) is 9.63. The van der Waals surface area contributed by atoms with E-state index in [4.69, 9.17) is 27.9 Å². The normalized spacial score (nSPS) is 16.6. The second kappa shape index (κ2) is 10.7. The van der Waals surface area contributed by atoms with Gasteiger partial charge in [-0.15, -0.1) is 12.4 Å². The number of carbonyl (C=O) groups excluding carboxylic acids is 1. The van der Waals surface area contributed by atoms with Gasteiger partial charge in [-0.3, -0.25) is 4.79 Å². The van der Waals surface area contributed by atoms with E-state index in [-0.39, 0.29) is 40.5 Å². The minimum atomic E-state index is -1.14. The summed E-state index contributed by atoms with van der Waals surface area (Å²) in [6, 6.07) is 10.7. The molecule has 0 bridgehead atoms. The van der Waals surface area contributed by atoms with Crippen LogP contribution in [0.1, 0.15) is 22.3 Å². The van der Waals surface area contributed by atoms with E-state index in [9.17, 15) is 14.7 Å². The molecule has 3 rings (SSSR count). The Morgan fingerprint density at radius 1 is 1.17 bits per heavy atom. The van der Waals surface area contributed by atoms with E-state index in [2.05, 4.69) is 10.6 Å². The molecule has 6 nitrogen and oxygen atoms in total. The smallest absolute Gasteiger partial charge is 0.326 e. The highest BCUT2D eigenvalue weighted by Gasteiger charge is 2.24. The van der Waals surface area contributed by atoms with Crippen LogP contribution in [-0.2, 0) is 11.2 Å². The Balaban J connectivity index is 0.00000300. The molecule has 1 heterocycles. The lowest BCUT2D eigenvalue weighted by Crippen LogP contribution is -2.42. The van der Waals surface area contributed by atoms with Crippen molar-refractivity contribution in [2.45, 2.75) is 25.0 Å². The van der Waals surface area contributed by atoms with Crippen LogP contribution in [0.4, 0.5) is 0 Å². The number of hydrogen-bond acceptors (Lipinski definition) is 4. The Kier molecular flexibility index (Phi) is 8.59. The average Bonchev–Trinajstić information content (AvgIpc) is 3.15. The molecule has 29 heavy (non-hydrogen) atoms. The first-order valence-electron chi connectivity index (χ1n) is 8.88. The predicted octanol–water partition coefficient (Wildman–Crippen LogP) is 3.58. The largest absolute Gasteiger partial charge is 0.489 e. The summed E-state index contributed by atoms with van der Waals surface area (Å²) in [6.45, 7) is 1.76. The fourth-order valence-electron chi connectivity index (χ4n) is 3.01. The van der Waals surface area contributed by atoms with Gasteiger partial charge in [0.1, 0.15) is 17.9 Å². The molecule has 0 radical (unpaired) electrons. The SMILES string of the molecule is Cl.O=C(N[C@@H](Cc1ccc(O[C@H]2CCNC2)cc1)C(=O)O)c1c(Cl)cccc1Cl. The molecular formula is C20H21Cl3N2O4. The monoisotopic (exact) mass is 458 g/mol. The fraction of sp³-hybridized carbons (Fsp3) is 0.300. The predicted molar refractivity (Wildman–Crippen MR) is 115 cm³/mol. The van der Waals surface area contributed by atoms with Gasteiger partial charge < -0.3 is 20.5 Å². The lowest BCUT2D eigenvalue weighted by molar-refractivity contribution is -0.139. The van der Waals surface area contributed by atoms with Crippen molar-refractivity contribution in [2.24, 2.45) is 0 Å². The maximum Gasteiger partial charge on any atom is 0.326 e. The first kappa shape index (κ1) is 23.3. The summed E-state index contributed by atoms with van der Waals surface area (Å²) in [5.41, 5.74) is 0.820. The van der Waals surface area contributed by atoms with Crippen molar-refractivity contribution in [1.29, 1.82) is 0 Å². The van der Waals surface area contributed by atoms with Crippen LogP contribution >= 0.6 is 35.6 Å². The lowest BCUT2D eigenvalue weighted by Gasteiger charge is -2.17. The van der Waals surface area contributed by atoms with Crippen molar-refractivity contribution < 1.29 is 19.4 Å². The highest BCUT2D eigenvalue weighted by Crippen LogP contribution is 2.24. The quantitative estimate of drug-likeness (QED) is 0.589. The van der Waals surface area contributed by atoms with Crippen LogP contribution in [0, 0.1) is 0 Å². The fourth-order valence-corrected chi connectivity index (χ4v) is 3.58. The molecule has 1 fully saturated rings. The number of hydrogen-bond donors (Lipinski definition) is 3. The molecule has 0 saturated carbocycles. The summed E-state index contributed by atoms with van der Waals surface area (Å²) in [6.07, 6.45) is 1.23. The van der Waals surface area contributed by atoms with E-state index in [0.29, 0.717) is 0 Å². The second-order valence-electron chi connectivity index (χ2n) is 6.54. The molecule has 1 aliphatic heterocycles. The molecule has 1 saturated heterocycles. The van der Waals surface area contributed by atoms with E-state index >= 15 is 0 Å². The van der Waals surface area contributed by atoms with Crippen LogP contribution in [0.25, 0.3) is 0 Å². The van der Waals surface area contributed by atoms with Crippen molar-refractivity contribution in [2.75, 3.05) is 13.1 Å². The standard InChI is InChI=1S/C20H20Cl2N2O4.ClH/c21-15-2-1-3-16(22)18(15)19(25)24-17(20(26)27)10-12-4-6-13(7-5-12)28-14-8-9-23-11-14;/h1-7,14,17,23H,8-11H2,(H,24,25)(H,26,27);1H/t14-,17-;/m0./s1. The highest BCUT2D eigenvalue weighted by molar-refractivity contribution is 6.39. The van der Waals surface area contributed by atoms with Crippen LogP contribution in [0.15, 0.2) is 42.5 Å². The molecule has 0 aliphatic carbocycles. The zero-order chi connectivity index (χ0) is 20.1. The number of nitrogens with one attached hydrogen (secondary N) is 2. The van der Waals surface area contributed by atoms with Crippen molar-refractivity contribution in [3.63, 3.8) is 0 Å². The molecule has 3 N–H and O–H groups in total. The van der Waals surface area contributed by atoms with Crippen LogP contribution in [-0.4, -0.2) is 42.2 Å². The topological polar surface area (TPSA) is 87.7 Å². The molecule has 2 atom stereocenters. The number of halogens is 3. The Labute approximate surface area is 184 Å². The molecule has 1 aliphatic rings. The minimum Gasteiger partial charge on any atom is -0.489 e. The third-order valence-electron chi connectivity index (χ3n) is 4.47. The molecule has 2 aromatic rings. The van der Waals surface area contributed by atoms with Gasteiger partial charge in [0.05, 0.1) is 15.6 Å². The van der Waals surface area contributed by atoms with E-state index in [1.54, 1.807) is 30.3 Å². The van der Waals surface area contributed by atoms with Gasteiger partial charge in [0.2, 0.25) is 0 Å². The molecule has 9 heteroatoms. The van der Waals surface area contributed by atoms with Crippen LogP contribution < -0.4 is 15.4 Å². The van der Waals surface area contributed by atoms with Gasteiger partial charge >= 0.3 is 5.97 Å². The van der Waals surface area contributed by atoms with E-state index in [1.807, 2.05) is 0 Å². The first-order chi connectivity index (χ1) is 13.4. The highest BCUT2D eigenvalue weighted by atomic mass is 35.5. The molecule has 156 valence electrons. The van der Waals surface area contributed by atoms with Gasteiger partial charge in [0.15, 0.2) is 0 Å². The van der Waals surface area contributed by atoms with Crippen LogP contribution in [0.3, 0.4) is 0 Å². The molecule has 0 spiro atoms. The lowest BCUT2D eigenvalue weighted by atomic mass is 10.0. The van der Waals surface area contributed by atoms with E-state index in [0.717, 1.165) is 30.8 Å². The number of benzene rings is 2. The summed E-state index contributed by atoms with van der Waals surface area (Å²) in [4.78, 5) is 24.1. The van der Waals surface area contributed by atoms with Crippen molar-refractivity contribution >= 4 is 47.5 Å². The number of rotatable bonds is 7. The number of carboxylic acid groups (broad SMARTS) is 1. The van der Waals surface area contributed by atoms with Gasteiger partial charge in [-0.1, -0.05) is 41.4 Å². The molecular weight excluding hydrogens is 439 g/mol. The van der Waals surface area contributed by atoms with Gasteiger partial charge in [0, 0.05) is 13.0 Å². The average molecular weight is 460 g/mol. The van der Waals surface area contributed by atoms with Crippen molar-refractivity contribution in [3.05, 3.63) is 63.6 Å². The van der Waals surface area contributed by atoms with Gasteiger partial charge in [0.25, 0.3) is 5.91 Å². The Bertz CT molecular complexity index is 835. The maximum absolute atomic E-state index is 12.5. The van der Waals surface area contributed by atoms with Crippen molar-refractivity contribution in [1.82, 2.24) is 10.6 Å².